The summed E-state index contributed by atoms with van der Waals surface area (Å²) in [6.45, 7) is -0.112. The van der Waals surface area contributed by atoms with Gasteiger partial charge in [0.05, 0.1) is 15.5 Å². The van der Waals surface area contributed by atoms with E-state index in [0.717, 1.165) is 23.8 Å². The predicted octanol–water partition coefficient (Wildman–Crippen LogP) is 2.68. The molecule has 1 atom stereocenters. The Bertz CT molecular complexity index is 872. The number of hydrogen-bond donors (Lipinski definition) is 2. The smallest absolute Gasteiger partial charge is 0.240 e. The van der Waals surface area contributed by atoms with Crippen LogP contribution in [0.3, 0.4) is 0 Å². The van der Waals surface area contributed by atoms with Gasteiger partial charge in [0.2, 0.25) is 10.0 Å². The lowest BCUT2D eigenvalue weighted by atomic mass is 9.80. The van der Waals surface area contributed by atoms with Gasteiger partial charge in [-0.3, -0.25) is 0 Å². The van der Waals surface area contributed by atoms with Crippen LogP contribution in [0, 0.1) is 5.82 Å². The zero-order valence-electron chi connectivity index (χ0n) is 12.8. The van der Waals surface area contributed by atoms with E-state index in [9.17, 15) is 17.9 Å². The van der Waals surface area contributed by atoms with Crippen LogP contribution in [0.2, 0.25) is 5.02 Å². The molecule has 0 heterocycles. The van der Waals surface area contributed by atoms with E-state index < -0.39 is 21.4 Å². The molecule has 0 amide bonds. The van der Waals surface area contributed by atoms with Gasteiger partial charge in [0.15, 0.2) is 0 Å². The first-order chi connectivity index (χ1) is 11.3. The van der Waals surface area contributed by atoms with Crippen LogP contribution in [-0.4, -0.2) is 25.7 Å². The first kappa shape index (κ1) is 17.4. The Hall–Kier alpha value is -1.47. The normalized spacial score (nSPS) is 20.6. The maximum atomic E-state index is 13.2. The molecule has 0 saturated heterocycles. The van der Waals surface area contributed by atoms with E-state index in [2.05, 4.69) is 4.72 Å². The van der Waals surface area contributed by atoms with Crippen LogP contribution in [0.1, 0.15) is 17.5 Å². The molecule has 3 rings (SSSR count). The minimum atomic E-state index is -3.88. The number of benzene rings is 2. The summed E-state index contributed by atoms with van der Waals surface area (Å²) in [6.07, 6.45) is 1.54. The van der Waals surface area contributed by atoms with Crippen LogP contribution in [0.4, 0.5) is 4.39 Å². The van der Waals surface area contributed by atoms with Crippen LogP contribution in [0.15, 0.2) is 47.4 Å². The fourth-order valence-electron chi connectivity index (χ4n) is 2.89. The van der Waals surface area contributed by atoms with Gasteiger partial charge in [-0.25, -0.2) is 17.5 Å². The maximum Gasteiger partial charge on any atom is 0.240 e. The summed E-state index contributed by atoms with van der Waals surface area (Å²) in [6, 6.07) is 11.0. The Balaban J connectivity index is 1.74. The molecule has 0 aliphatic heterocycles. The largest absolute Gasteiger partial charge is 0.388 e. The summed E-state index contributed by atoms with van der Waals surface area (Å²) < 4.78 is 40.2. The third kappa shape index (κ3) is 3.62. The molecule has 4 nitrogen and oxygen atoms in total. The number of nitrogens with one attached hydrogen (secondary N) is 1. The molecule has 1 aliphatic carbocycles. The number of halogens is 2. The molecule has 1 unspecified atom stereocenters. The SMILES string of the molecule is O=S(=O)(NCC1(O)CCc2ccccc2C1)c1ccc(F)c(Cl)c1. The number of hydrogen-bond acceptors (Lipinski definition) is 3. The number of aryl methyl sites for hydroxylation is 1. The third-order valence-corrected chi connectivity index (χ3v) is 5.98. The Morgan fingerprint density at radius 3 is 2.62 bits per heavy atom. The maximum absolute atomic E-state index is 13.2. The van der Waals surface area contributed by atoms with Gasteiger partial charge >= 0.3 is 0 Å². The molecule has 2 aromatic rings. The number of aliphatic hydroxyl groups is 1. The van der Waals surface area contributed by atoms with Crippen molar-refractivity contribution < 1.29 is 17.9 Å². The van der Waals surface area contributed by atoms with E-state index in [1.54, 1.807) is 0 Å². The van der Waals surface area contributed by atoms with Crippen molar-refractivity contribution in [3.8, 4) is 0 Å². The van der Waals surface area contributed by atoms with Crippen molar-refractivity contribution in [2.45, 2.75) is 29.8 Å². The first-order valence-corrected chi connectivity index (χ1v) is 9.39. The Morgan fingerprint density at radius 2 is 1.92 bits per heavy atom. The number of fused-ring (bicyclic) bond motifs is 1. The minimum absolute atomic E-state index is 0.112. The lowest BCUT2D eigenvalue weighted by molar-refractivity contribution is 0.0317. The topological polar surface area (TPSA) is 66.4 Å². The Kier molecular flexibility index (Phi) is 4.66. The van der Waals surface area contributed by atoms with Crippen molar-refractivity contribution in [2.24, 2.45) is 0 Å². The van der Waals surface area contributed by atoms with E-state index in [1.165, 1.54) is 5.56 Å². The molecule has 24 heavy (non-hydrogen) atoms. The van der Waals surface area contributed by atoms with E-state index >= 15 is 0 Å². The second kappa shape index (κ2) is 6.44. The summed E-state index contributed by atoms with van der Waals surface area (Å²) in [7, 11) is -3.88. The summed E-state index contributed by atoms with van der Waals surface area (Å²) in [5.41, 5.74) is 1.05. The number of sulfonamides is 1. The molecule has 1 aliphatic rings. The zero-order chi connectivity index (χ0) is 17.4. The molecule has 2 N–H and O–H groups in total. The average molecular weight is 370 g/mol. The van der Waals surface area contributed by atoms with Gasteiger partial charge in [0.1, 0.15) is 5.82 Å². The summed E-state index contributed by atoms with van der Waals surface area (Å²) in [4.78, 5) is -0.131. The van der Waals surface area contributed by atoms with Crippen LogP contribution in [0.5, 0.6) is 0 Å². The van der Waals surface area contributed by atoms with E-state index in [4.69, 9.17) is 11.6 Å². The molecule has 0 radical (unpaired) electrons. The van der Waals surface area contributed by atoms with Crippen molar-refractivity contribution >= 4 is 21.6 Å². The molecule has 128 valence electrons. The predicted molar refractivity (Wildman–Crippen MR) is 90.0 cm³/mol. The fourth-order valence-corrected chi connectivity index (χ4v) is 4.28. The zero-order valence-corrected chi connectivity index (χ0v) is 14.4. The van der Waals surface area contributed by atoms with Gasteiger partial charge in [-0.2, -0.15) is 0 Å². The highest BCUT2D eigenvalue weighted by Crippen LogP contribution is 2.28. The highest BCUT2D eigenvalue weighted by atomic mass is 35.5. The summed E-state index contributed by atoms with van der Waals surface area (Å²) >= 11 is 5.64. The number of rotatable bonds is 4. The molecule has 0 saturated carbocycles. The highest BCUT2D eigenvalue weighted by Gasteiger charge is 2.33. The molecule has 0 spiro atoms. The van der Waals surface area contributed by atoms with Crippen molar-refractivity contribution in [1.29, 1.82) is 0 Å². The average Bonchev–Trinajstić information content (AvgIpc) is 2.55. The second-order valence-electron chi connectivity index (χ2n) is 6.07. The van der Waals surface area contributed by atoms with Crippen LogP contribution < -0.4 is 4.72 Å². The minimum Gasteiger partial charge on any atom is -0.388 e. The van der Waals surface area contributed by atoms with Crippen LogP contribution in [-0.2, 0) is 22.9 Å². The first-order valence-electron chi connectivity index (χ1n) is 7.53. The Labute approximate surface area is 145 Å². The van der Waals surface area contributed by atoms with Gasteiger partial charge in [0.25, 0.3) is 0 Å². The van der Waals surface area contributed by atoms with Gasteiger partial charge in [-0.15, -0.1) is 0 Å². The van der Waals surface area contributed by atoms with E-state index in [0.29, 0.717) is 19.3 Å². The quantitative estimate of drug-likeness (QED) is 0.870. The molecular formula is C17H17ClFNO3S. The Morgan fingerprint density at radius 1 is 1.21 bits per heavy atom. The van der Waals surface area contributed by atoms with Crippen molar-refractivity contribution in [1.82, 2.24) is 4.72 Å². The summed E-state index contributed by atoms with van der Waals surface area (Å²) in [5.74, 6) is -0.682. The van der Waals surface area contributed by atoms with E-state index in [1.807, 2.05) is 24.3 Å². The van der Waals surface area contributed by atoms with Gasteiger partial charge in [0, 0.05) is 13.0 Å². The van der Waals surface area contributed by atoms with Crippen molar-refractivity contribution in [3.05, 3.63) is 64.4 Å². The van der Waals surface area contributed by atoms with E-state index in [-0.39, 0.29) is 16.5 Å². The molecule has 0 aromatic heterocycles. The van der Waals surface area contributed by atoms with Gasteiger partial charge in [-0.05, 0) is 42.2 Å². The summed E-state index contributed by atoms with van der Waals surface area (Å²) in [5, 5.41) is 10.5. The molecular weight excluding hydrogens is 353 g/mol. The van der Waals surface area contributed by atoms with Gasteiger partial charge in [-0.1, -0.05) is 35.9 Å². The standard InChI is InChI=1S/C17H17ClFNO3S/c18-15-9-14(5-6-16(15)19)24(22,23)20-11-17(21)8-7-12-3-1-2-4-13(12)10-17/h1-6,9,20-21H,7-8,10-11H2. The third-order valence-electron chi connectivity index (χ3n) is 4.29. The van der Waals surface area contributed by atoms with Crippen LogP contribution >= 0.6 is 11.6 Å². The molecule has 2 aromatic carbocycles. The van der Waals surface area contributed by atoms with Crippen molar-refractivity contribution in [2.75, 3.05) is 6.54 Å². The monoisotopic (exact) mass is 369 g/mol. The second-order valence-corrected chi connectivity index (χ2v) is 8.24. The highest BCUT2D eigenvalue weighted by molar-refractivity contribution is 7.89. The molecule has 7 heteroatoms. The molecule has 0 fully saturated rings. The lowest BCUT2D eigenvalue weighted by Gasteiger charge is -2.33. The molecule has 0 bridgehead atoms. The van der Waals surface area contributed by atoms with Crippen molar-refractivity contribution in [3.63, 3.8) is 0 Å². The lowest BCUT2D eigenvalue weighted by Crippen LogP contribution is -2.46. The van der Waals surface area contributed by atoms with Crippen LogP contribution in [0.25, 0.3) is 0 Å². The fraction of sp³-hybridized carbons (Fsp3) is 0.294. The van der Waals surface area contributed by atoms with Gasteiger partial charge < -0.3 is 5.11 Å².